The predicted molar refractivity (Wildman–Crippen MR) is 88.6 cm³/mol. The summed E-state index contributed by atoms with van der Waals surface area (Å²) < 4.78 is 5.36. The second kappa shape index (κ2) is 6.99. The van der Waals surface area contributed by atoms with Crippen LogP contribution < -0.4 is 0 Å². The molecule has 8 nitrogen and oxygen atoms in total. The molecule has 1 saturated heterocycles. The number of carboxylic acid groups (broad SMARTS) is 1. The number of nitrogens with zero attached hydrogens (tertiary/aromatic N) is 2. The van der Waals surface area contributed by atoms with Crippen molar-refractivity contribution in [3.05, 3.63) is 0 Å². The molecule has 2 heterocycles. The second-order valence-corrected chi connectivity index (χ2v) is 8.21. The van der Waals surface area contributed by atoms with Crippen molar-refractivity contribution in [1.29, 1.82) is 0 Å². The van der Waals surface area contributed by atoms with Gasteiger partial charge in [-0.15, -0.1) is 0 Å². The van der Waals surface area contributed by atoms with E-state index in [1.165, 1.54) is 4.90 Å². The van der Waals surface area contributed by atoms with Crippen molar-refractivity contribution in [3.8, 4) is 0 Å². The van der Waals surface area contributed by atoms with Crippen LogP contribution in [0.5, 0.6) is 0 Å². The van der Waals surface area contributed by atoms with E-state index in [2.05, 4.69) is 4.99 Å². The number of aliphatic hydroxyl groups excluding tert-OH is 2. The van der Waals surface area contributed by atoms with Gasteiger partial charge in [0, 0.05) is 13.0 Å². The molecule has 0 aliphatic carbocycles. The number of rotatable bonds is 3. The Morgan fingerprint density at radius 3 is 2.42 bits per heavy atom. The average Bonchev–Trinajstić information content (AvgIpc) is 2.85. The van der Waals surface area contributed by atoms with Crippen molar-refractivity contribution in [1.82, 2.24) is 4.90 Å². The van der Waals surface area contributed by atoms with Crippen LogP contribution in [0.15, 0.2) is 4.99 Å². The molecule has 0 aromatic carbocycles. The predicted octanol–water partition coefficient (Wildman–Crippen LogP) is 0.274. The van der Waals surface area contributed by atoms with Gasteiger partial charge in [0.1, 0.15) is 23.7 Å². The maximum absolute atomic E-state index is 12.5. The van der Waals surface area contributed by atoms with Gasteiger partial charge in [-0.3, -0.25) is 14.7 Å². The maximum atomic E-state index is 12.5. The first-order valence-electron chi connectivity index (χ1n) is 7.84. The highest BCUT2D eigenvalue weighted by Gasteiger charge is 2.51. The quantitative estimate of drug-likeness (QED) is 0.661. The van der Waals surface area contributed by atoms with Gasteiger partial charge in [-0.1, -0.05) is 32.5 Å². The number of thioether (sulfide) groups is 1. The van der Waals surface area contributed by atoms with Crippen molar-refractivity contribution in [2.45, 2.75) is 63.9 Å². The van der Waals surface area contributed by atoms with Crippen LogP contribution in [0.4, 0.5) is 0 Å². The number of ether oxygens (including phenoxy) is 1. The first-order valence-corrected chi connectivity index (χ1v) is 8.72. The number of fused-ring (bicyclic) bond motifs is 1. The highest BCUT2D eigenvalue weighted by molar-refractivity contribution is 8.14. The fourth-order valence-corrected chi connectivity index (χ4v) is 3.93. The van der Waals surface area contributed by atoms with Crippen molar-refractivity contribution in [3.63, 3.8) is 0 Å². The molecule has 0 bridgehead atoms. The Morgan fingerprint density at radius 2 is 1.92 bits per heavy atom. The van der Waals surface area contributed by atoms with Gasteiger partial charge in [-0.05, 0) is 12.3 Å². The highest BCUT2D eigenvalue weighted by Crippen LogP contribution is 2.38. The number of carbonyl (C=O) groups excluding carboxylic acids is 1. The Hall–Kier alpha value is -1.16. The molecule has 5 atom stereocenters. The molecule has 0 saturated carbocycles. The van der Waals surface area contributed by atoms with Gasteiger partial charge in [0.15, 0.2) is 11.3 Å². The van der Waals surface area contributed by atoms with E-state index < -0.39 is 35.8 Å². The third-order valence-corrected chi connectivity index (χ3v) is 4.98. The molecule has 0 radical (unpaired) electrons. The lowest BCUT2D eigenvalue weighted by atomic mass is 9.92. The second-order valence-electron chi connectivity index (χ2n) is 7.14. The molecule has 0 aromatic heterocycles. The summed E-state index contributed by atoms with van der Waals surface area (Å²) in [7, 11) is 0. The van der Waals surface area contributed by atoms with E-state index in [9.17, 15) is 19.8 Å². The van der Waals surface area contributed by atoms with Crippen LogP contribution in [-0.4, -0.2) is 73.6 Å². The number of hydrogen-bond donors (Lipinski definition) is 3. The number of amidine groups is 1. The SMILES string of the molecule is CCN(C(=O)CC(C)(C)C)C1=N[C@@H]2[C@@H](O)[C@H](O)[C@@H](C(=O)O)O[C@@H]2S1. The lowest BCUT2D eigenvalue weighted by molar-refractivity contribution is -0.184. The molecule has 3 N–H and O–H groups in total. The fourth-order valence-electron chi connectivity index (χ4n) is 2.65. The molecule has 2 aliphatic heterocycles. The summed E-state index contributed by atoms with van der Waals surface area (Å²) in [5, 5.41) is 29.5. The third-order valence-electron chi connectivity index (χ3n) is 3.82. The summed E-state index contributed by atoms with van der Waals surface area (Å²) in [6.07, 6.45) is -4.10. The van der Waals surface area contributed by atoms with E-state index in [-0.39, 0.29) is 11.3 Å². The van der Waals surface area contributed by atoms with Crippen molar-refractivity contribution >= 4 is 28.8 Å². The van der Waals surface area contributed by atoms with Gasteiger partial charge in [0.05, 0.1) is 0 Å². The lowest BCUT2D eigenvalue weighted by Gasteiger charge is -2.36. The van der Waals surface area contributed by atoms with Crippen LogP contribution in [0, 0.1) is 5.41 Å². The zero-order chi connectivity index (χ0) is 18.2. The van der Waals surface area contributed by atoms with Gasteiger partial charge >= 0.3 is 5.97 Å². The van der Waals surface area contributed by atoms with E-state index in [1.54, 1.807) is 0 Å². The van der Waals surface area contributed by atoms with E-state index in [1.807, 2.05) is 27.7 Å². The molecule has 2 rings (SSSR count). The maximum Gasteiger partial charge on any atom is 0.335 e. The zero-order valence-corrected chi connectivity index (χ0v) is 15.0. The van der Waals surface area contributed by atoms with Gasteiger partial charge in [0.2, 0.25) is 5.91 Å². The summed E-state index contributed by atoms with van der Waals surface area (Å²) in [6.45, 7) is 8.10. The number of carbonyl (C=O) groups is 2. The summed E-state index contributed by atoms with van der Waals surface area (Å²) in [5.41, 5.74) is -0.919. The van der Waals surface area contributed by atoms with Gasteiger partial charge < -0.3 is 20.1 Å². The van der Waals surface area contributed by atoms with E-state index >= 15 is 0 Å². The summed E-state index contributed by atoms with van der Waals surface area (Å²) in [6, 6.07) is -0.799. The summed E-state index contributed by atoms with van der Waals surface area (Å²) in [5.74, 6) is -1.44. The molecule has 0 aromatic rings. The van der Waals surface area contributed by atoms with Gasteiger partial charge in [-0.25, -0.2) is 4.79 Å². The Bertz CT molecular complexity index is 547. The lowest BCUT2D eigenvalue weighted by Crippen LogP contribution is -2.57. The molecule has 0 spiro atoms. The minimum Gasteiger partial charge on any atom is -0.479 e. The van der Waals surface area contributed by atoms with Crippen LogP contribution in [0.3, 0.4) is 0 Å². The molecular formula is C15H24N2O6S. The molecule has 24 heavy (non-hydrogen) atoms. The zero-order valence-electron chi connectivity index (χ0n) is 14.2. The van der Waals surface area contributed by atoms with E-state index in [4.69, 9.17) is 9.84 Å². The van der Waals surface area contributed by atoms with E-state index in [0.29, 0.717) is 18.1 Å². The van der Waals surface area contributed by atoms with Crippen LogP contribution in [0.1, 0.15) is 34.1 Å². The fraction of sp³-hybridized carbons (Fsp3) is 0.800. The molecule has 1 fully saturated rings. The standard InChI is InChI=1S/C15H24N2O6S/c1-5-17(7(18)6-15(2,3)4)14-16-8-9(19)10(20)11(12(21)22)23-13(8)24-14/h8-11,13,19-20H,5-6H2,1-4H3,(H,21,22)/t8-,9-,10+,11+,13-/m1/s1. The third kappa shape index (κ3) is 3.90. The number of carboxylic acids is 1. The number of aliphatic carboxylic acids is 1. The monoisotopic (exact) mass is 360 g/mol. The van der Waals surface area contributed by atoms with Crippen molar-refractivity contribution in [2.24, 2.45) is 10.4 Å². The average molecular weight is 360 g/mol. The molecular weight excluding hydrogens is 336 g/mol. The minimum absolute atomic E-state index is 0.0975. The molecule has 9 heteroatoms. The first kappa shape index (κ1) is 19.2. The minimum atomic E-state index is -1.56. The van der Waals surface area contributed by atoms with Crippen LogP contribution in [-0.2, 0) is 14.3 Å². The van der Waals surface area contributed by atoms with Crippen LogP contribution >= 0.6 is 11.8 Å². The highest BCUT2D eigenvalue weighted by atomic mass is 32.2. The number of aliphatic imine (C=N–C) groups is 1. The largest absolute Gasteiger partial charge is 0.479 e. The van der Waals surface area contributed by atoms with Gasteiger partial charge in [-0.2, -0.15) is 0 Å². The van der Waals surface area contributed by atoms with Gasteiger partial charge in [0.25, 0.3) is 0 Å². The van der Waals surface area contributed by atoms with Crippen LogP contribution in [0.2, 0.25) is 0 Å². The number of hydrogen-bond acceptors (Lipinski definition) is 7. The molecule has 1 amide bonds. The van der Waals surface area contributed by atoms with E-state index in [0.717, 1.165) is 11.8 Å². The number of amides is 1. The van der Waals surface area contributed by atoms with Crippen LogP contribution in [0.25, 0.3) is 0 Å². The Kier molecular flexibility index (Phi) is 5.58. The normalized spacial score (nSPS) is 32.9. The summed E-state index contributed by atoms with van der Waals surface area (Å²) >= 11 is 1.11. The Balaban J connectivity index is 2.17. The van der Waals surface area contributed by atoms with Crippen molar-refractivity contribution < 1.29 is 29.6 Å². The molecule has 136 valence electrons. The first-order chi connectivity index (χ1) is 11.0. The topological polar surface area (TPSA) is 120 Å². The summed E-state index contributed by atoms with van der Waals surface area (Å²) in [4.78, 5) is 29.4. The number of aliphatic hydroxyl groups is 2. The molecule has 0 unspecified atom stereocenters. The Labute approximate surface area is 144 Å². The van der Waals surface area contributed by atoms with Crippen molar-refractivity contribution in [2.75, 3.05) is 6.54 Å². The Morgan fingerprint density at radius 1 is 1.29 bits per heavy atom. The smallest absolute Gasteiger partial charge is 0.335 e. The molecule has 2 aliphatic rings.